The van der Waals surface area contributed by atoms with Gasteiger partial charge in [-0.05, 0) is 92.7 Å². The topological polar surface area (TPSA) is 18.5 Å². The zero-order valence-electron chi connectivity index (χ0n) is 16.2. The third-order valence-electron chi connectivity index (χ3n) is 7.25. The molecule has 0 amide bonds. The summed E-state index contributed by atoms with van der Waals surface area (Å²) in [4.78, 5) is 0. The van der Waals surface area contributed by atoms with E-state index in [2.05, 4.69) is 0 Å². The van der Waals surface area contributed by atoms with Crippen molar-refractivity contribution in [2.24, 2.45) is 17.8 Å². The standard InChI is InChI=1S/C23H32ClFO2/c24-21-11-10-20(15-22(21)25)19-8-6-18(7-9-19)17-4-1-16(2-5-17)3-12-23-26-13-14-27-23/h10-11,15-19,23H,1-9,12-14H2/t16-,17-,18?,19?. The molecule has 4 heteroatoms. The van der Waals surface area contributed by atoms with E-state index in [4.69, 9.17) is 21.1 Å². The fraction of sp³-hybridized carbons (Fsp3) is 0.739. The van der Waals surface area contributed by atoms with Gasteiger partial charge in [-0.25, -0.2) is 4.39 Å². The van der Waals surface area contributed by atoms with Crippen LogP contribution in [0.2, 0.25) is 5.02 Å². The van der Waals surface area contributed by atoms with Gasteiger partial charge in [0, 0.05) is 0 Å². The number of hydrogen-bond donors (Lipinski definition) is 0. The lowest BCUT2D eigenvalue weighted by Gasteiger charge is -2.38. The highest BCUT2D eigenvalue weighted by molar-refractivity contribution is 6.30. The van der Waals surface area contributed by atoms with E-state index in [1.54, 1.807) is 12.1 Å². The summed E-state index contributed by atoms with van der Waals surface area (Å²) in [5.41, 5.74) is 1.13. The van der Waals surface area contributed by atoms with Crippen molar-refractivity contribution in [3.8, 4) is 0 Å². The molecule has 2 nitrogen and oxygen atoms in total. The third kappa shape index (κ3) is 5.05. The molecule has 3 aliphatic rings. The molecular weight excluding hydrogens is 363 g/mol. The van der Waals surface area contributed by atoms with Crippen molar-refractivity contribution >= 4 is 11.6 Å². The van der Waals surface area contributed by atoms with E-state index >= 15 is 0 Å². The Morgan fingerprint density at radius 2 is 1.48 bits per heavy atom. The van der Waals surface area contributed by atoms with Gasteiger partial charge in [0.2, 0.25) is 0 Å². The van der Waals surface area contributed by atoms with Crippen LogP contribution in [0.5, 0.6) is 0 Å². The molecule has 27 heavy (non-hydrogen) atoms. The lowest BCUT2D eigenvalue weighted by Crippen LogP contribution is -2.26. The van der Waals surface area contributed by atoms with Gasteiger partial charge in [-0.1, -0.05) is 30.5 Å². The first-order valence-electron chi connectivity index (χ1n) is 10.9. The van der Waals surface area contributed by atoms with Crippen molar-refractivity contribution in [2.45, 2.75) is 76.4 Å². The number of halogens is 2. The first-order chi connectivity index (χ1) is 13.2. The number of benzene rings is 1. The lowest BCUT2D eigenvalue weighted by molar-refractivity contribution is -0.0514. The molecule has 2 saturated carbocycles. The summed E-state index contributed by atoms with van der Waals surface area (Å²) in [6.07, 6.45) is 12.9. The molecule has 1 saturated heterocycles. The summed E-state index contributed by atoms with van der Waals surface area (Å²) in [7, 11) is 0. The highest BCUT2D eigenvalue weighted by Gasteiger charge is 2.31. The first kappa shape index (κ1) is 19.7. The molecule has 0 radical (unpaired) electrons. The molecule has 1 aliphatic heterocycles. The van der Waals surface area contributed by atoms with Gasteiger partial charge >= 0.3 is 0 Å². The van der Waals surface area contributed by atoms with Gasteiger partial charge in [-0.15, -0.1) is 0 Å². The molecule has 2 aliphatic carbocycles. The van der Waals surface area contributed by atoms with E-state index in [1.165, 1.54) is 57.8 Å². The number of ether oxygens (including phenoxy) is 2. The van der Waals surface area contributed by atoms with Crippen LogP contribution in [0.4, 0.5) is 4.39 Å². The fourth-order valence-corrected chi connectivity index (χ4v) is 5.70. The maximum atomic E-state index is 13.8. The Kier molecular flexibility index (Phi) is 6.73. The lowest BCUT2D eigenvalue weighted by atomic mass is 9.68. The highest BCUT2D eigenvalue weighted by atomic mass is 35.5. The van der Waals surface area contributed by atoms with Crippen LogP contribution in [0.25, 0.3) is 0 Å². The van der Waals surface area contributed by atoms with Gasteiger partial charge in [0.25, 0.3) is 0 Å². The Labute approximate surface area is 167 Å². The molecule has 0 unspecified atom stereocenters. The molecular formula is C23H32ClFO2. The third-order valence-corrected chi connectivity index (χ3v) is 7.55. The Bertz CT molecular complexity index is 600. The predicted octanol–water partition coefficient (Wildman–Crippen LogP) is 6.71. The van der Waals surface area contributed by atoms with E-state index in [0.29, 0.717) is 5.92 Å². The molecule has 0 atom stereocenters. The fourth-order valence-electron chi connectivity index (χ4n) is 5.58. The molecule has 4 rings (SSSR count). The van der Waals surface area contributed by atoms with Crippen LogP contribution in [-0.4, -0.2) is 19.5 Å². The van der Waals surface area contributed by atoms with E-state index in [9.17, 15) is 4.39 Å². The van der Waals surface area contributed by atoms with Crippen LogP contribution < -0.4 is 0 Å². The van der Waals surface area contributed by atoms with Gasteiger partial charge in [0.05, 0.1) is 18.2 Å². The minimum absolute atomic E-state index is 0.0655. The maximum Gasteiger partial charge on any atom is 0.157 e. The Balaban J connectivity index is 1.19. The molecule has 0 spiro atoms. The van der Waals surface area contributed by atoms with Gasteiger partial charge in [0.1, 0.15) is 5.82 Å². The SMILES string of the molecule is Fc1cc(C2CCC([C@H]3CC[C@H](CCC4OCCO4)CC3)CC2)ccc1Cl. The molecule has 1 aromatic rings. The molecule has 1 aromatic carbocycles. The van der Waals surface area contributed by atoms with Gasteiger partial charge in [-0.3, -0.25) is 0 Å². The van der Waals surface area contributed by atoms with Crippen molar-refractivity contribution in [2.75, 3.05) is 13.2 Å². The van der Waals surface area contributed by atoms with Crippen molar-refractivity contribution in [3.05, 3.63) is 34.6 Å². The van der Waals surface area contributed by atoms with Crippen molar-refractivity contribution in [1.29, 1.82) is 0 Å². The summed E-state index contributed by atoms with van der Waals surface area (Å²) < 4.78 is 24.9. The molecule has 0 aromatic heterocycles. The van der Waals surface area contributed by atoms with E-state index < -0.39 is 0 Å². The van der Waals surface area contributed by atoms with Crippen LogP contribution in [-0.2, 0) is 9.47 Å². The molecule has 0 bridgehead atoms. The van der Waals surface area contributed by atoms with Gasteiger partial charge in [0.15, 0.2) is 6.29 Å². The van der Waals surface area contributed by atoms with Crippen molar-refractivity contribution in [3.63, 3.8) is 0 Å². The molecule has 3 fully saturated rings. The normalized spacial score (nSPS) is 32.7. The average Bonchev–Trinajstić information content (AvgIpc) is 3.23. The molecule has 1 heterocycles. The summed E-state index contributed by atoms with van der Waals surface area (Å²) in [5.74, 6) is 2.88. The van der Waals surface area contributed by atoms with Crippen LogP contribution in [0.15, 0.2) is 18.2 Å². The van der Waals surface area contributed by atoms with Crippen LogP contribution >= 0.6 is 11.6 Å². The minimum Gasteiger partial charge on any atom is -0.350 e. The largest absolute Gasteiger partial charge is 0.350 e. The average molecular weight is 395 g/mol. The van der Waals surface area contributed by atoms with E-state index in [1.807, 2.05) is 6.07 Å². The summed E-state index contributed by atoms with van der Waals surface area (Å²) in [6.45, 7) is 1.53. The quantitative estimate of drug-likeness (QED) is 0.552. The highest BCUT2D eigenvalue weighted by Crippen LogP contribution is 2.44. The maximum absolute atomic E-state index is 13.8. The first-order valence-corrected chi connectivity index (χ1v) is 11.2. The smallest absolute Gasteiger partial charge is 0.157 e. The predicted molar refractivity (Wildman–Crippen MR) is 106 cm³/mol. The van der Waals surface area contributed by atoms with Crippen LogP contribution in [0.3, 0.4) is 0 Å². The van der Waals surface area contributed by atoms with Crippen LogP contribution in [0, 0.1) is 23.6 Å². The summed E-state index contributed by atoms with van der Waals surface area (Å²) in [5, 5.41) is 0.232. The van der Waals surface area contributed by atoms with Crippen molar-refractivity contribution in [1.82, 2.24) is 0 Å². The minimum atomic E-state index is -0.275. The second-order valence-electron chi connectivity index (χ2n) is 8.81. The second-order valence-corrected chi connectivity index (χ2v) is 9.22. The van der Waals surface area contributed by atoms with Crippen LogP contribution in [0.1, 0.15) is 75.7 Å². The second kappa shape index (κ2) is 9.24. The Hall–Kier alpha value is -0.640. The van der Waals surface area contributed by atoms with E-state index in [0.717, 1.165) is 43.0 Å². The Morgan fingerprint density at radius 1 is 0.852 bits per heavy atom. The summed E-state index contributed by atoms with van der Waals surface area (Å²) in [6, 6.07) is 5.37. The van der Waals surface area contributed by atoms with Gasteiger partial charge < -0.3 is 9.47 Å². The Morgan fingerprint density at radius 3 is 2.11 bits per heavy atom. The number of hydrogen-bond acceptors (Lipinski definition) is 2. The summed E-state index contributed by atoms with van der Waals surface area (Å²) >= 11 is 5.83. The monoisotopic (exact) mass is 394 g/mol. The molecule has 150 valence electrons. The number of rotatable bonds is 5. The van der Waals surface area contributed by atoms with E-state index in [-0.39, 0.29) is 17.1 Å². The molecule has 0 N–H and O–H groups in total. The zero-order valence-corrected chi connectivity index (χ0v) is 16.9. The van der Waals surface area contributed by atoms with Gasteiger partial charge in [-0.2, -0.15) is 0 Å². The zero-order chi connectivity index (χ0) is 18.6. The van der Waals surface area contributed by atoms with Crippen molar-refractivity contribution < 1.29 is 13.9 Å².